The van der Waals surface area contributed by atoms with Crippen molar-refractivity contribution in [3.63, 3.8) is 0 Å². The molecule has 1 aliphatic heterocycles. The number of hydrogen-bond donors (Lipinski definition) is 4. The monoisotopic (exact) mass is 881 g/mol. The standard InChI is InChI=1S/C48H80O12S/c1-3-5-7-9-11-13-15-17-19-20-21-23-24-26-28-30-32-34-36-43(49)57-38-41(39-58-48-47(53)46(52)45(51)42(60-48)40-61(54,55)56)59-44(50)37-35-33-31-29-27-25-22-18-16-14-12-10-8-6-4-2/h6,8,12-15,18-20,22,27,29,41-42,45-48,51-53H,3-5,7,9-11,16-17,21,23-26,28,30-40H2,1-2H3,(H,54,55,56)/b8-6-,14-12-,15-13-,20-19-,22-18-,29-27-. The maximum Gasteiger partial charge on any atom is 0.306 e. The second kappa shape index (κ2) is 37.6. The predicted octanol–water partition coefficient (Wildman–Crippen LogP) is 9.50. The Morgan fingerprint density at radius 2 is 1.03 bits per heavy atom. The molecule has 0 radical (unpaired) electrons. The van der Waals surface area contributed by atoms with Crippen molar-refractivity contribution in [1.82, 2.24) is 0 Å². The first-order chi connectivity index (χ1) is 29.5. The Balaban J connectivity index is 2.47. The summed E-state index contributed by atoms with van der Waals surface area (Å²) < 4.78 is 54.0. The molecule has 0 bridgehead atoms. The molecule has 1 fully saturated rings. The average Bonchev–Trinajstić information content (AvgIpc) is 3.22. The van der Waals surface area contributed by atoms with Gasteiger partial charge in [-0.25, -0.2) is 0 Å². The Hall–Kier alpha value is -2.91. The van der Waals surface area contributed by atoms with E-state index in [0.717, 1.165) is 77.0 Å². The van der Waals surface area contributed by atoms with Crippen molar-refractivity contribution in [2.75, 3.05) is 19.0 Å². The van der Waals surface area contributed by atoms with E-state index in [1.165, 1.54) is 44.9 Å². The summed E-state index contributed by atoms with van der Waals surface area (Å²) in [5, 5.41) is 30.9. The van der Waals surface area contributed by atoms with Crippen LogP contribution in [0.25, 0.3) is 0 Å². The molecule has 12 nitrogen and oxygen atoms in total. The van der Waals surface area contributed by atoms with E-state index in [4.69, 9.17) is 18.9 Å². The van der Waals surface area contributed by atoms with Gasteiger partial charge in [-0.2, -0.15) is 8.42 Å². The number of aliphatic hydroxyl groups excluding tert-OH is 3. The van der Waals surface area contributed by atoms with Gasteiger partial charge in [-0.05, 0) is 83.5 Å². The smallest absolute Gasteiger partial charge is 0.306 e. The van der Waals surface area contributed by atoms with Crippen LogP contribution in [-0.4, -0.2) is 96.0 Å². The summed E-state index contributed by atoms with van der Waals surface area (Å²) in [6.45, 7) is 3.58. The molecule has 0 saturated carbocycles. The number of carbonyl (C=O) groups is 2. The molecule has 0 aliphatic carbocycles. The van der Waals surface area contributed by atoms with Crippen molar-refractivity contribution in [3.05, 3.63) is 72.9 Å². The average molecular weight is 881 g/mol. The quantitative estimate of drug-likeness (QED) is 0.0201. The van der Waals surface area contributed by atoms with Gasteiger partial charge in [0.25, 0.3) is 10.1 Å². The Kier molecular flexibility index (Phi) is 34.6. The Morgan fingerprint density at radius 3 is 1.57 bits per heavy atom. The number of rotatable bonds is 37. The zero-order chi connectivity index (χ0) is 44.8. The highest BCUT2D eigenvalue weighted by Gasteiger charge is 2.46. The van der Waals surface area contributed by atoms with Crippen LogP contribution in [0.4, 0.5) is 0 Å². The molecule has 1 heterocycles. The minimum absolute atomic E-state index is 0.107. The molecule has 0 aromatic heterocycles. The molecule has 0 amide bonds. The van der Waals surface area contributed by atoms with Gasteiger partial charge in [0.1, 0.15) is 36.8 Å². The zero-order valence-electron chi connectivity index (χ0n) is 37.2. The fourth-order valence-corrected chi connectivity index (χ4v) is 7.15. The molecule has 6 atom stereocenters. The van der Waals surface area contributed by atoms with Crippen LogP contribution in [0.5, 0.6) is 0 Å². The normalized spacial score (nSPS) is 20.7. The molecule has 0 aromatic rings. The first kappa shape index (κ1) is 56.1. The topological polar surface area (TPSA) is 186 Å². The summed E-state index contributed by atoms with van der Waals surface area (Å²) >= 11 is 0. The third kappa shape index (κ3) is 32.4. The van der Waals surface area contributed by atoms with Gasteiger partial charge in [-0.15, -0.1) is 0 Å². The molecule has 350 valence electrons. The second-order valence-electron chi connectivity index (χ2n) is 15.7. The molecule has 13 heteroatoms. The lowest BCUT2D eigenvalue weighted by Gasteiger charge is -2.40. The Morgan fingerprint density at radius 1 is 0.574 bits per heavy atom. The highest BCUT2D eigenvalue weighted by atomic mass is 32.2. The van der Waals surface area contributed by atoms with Gasteiger partial charge in [0.15, 0.2) is 12.4 Å². The molecule has 4 N–H and O–H groups in total. The highest BCUT2D eigenvalue weighted by Crippen LogP contribution is 2.24. The zero-order valence-corrected chi connectivity index (χ0v) is 38.1. The number of ether oxygens (including phenoxy) is 4. The fraction of sp³-hybridized carbons (Fsp3) is 0.708. The summed E-state index contributed by atoms with van der Waals surface area (Å²) in [6.07, 6.45) is 38.0. The maximum atomic E-state index is 12.8. The second-order valence-corrected chi connectivity index (χ2v) is 17.2. The molecular weight excluding hydrogens is 801 g/mol. The largest absolute Gasteiger partial charge is 0.462 e. The third-order valence-corrected chi connectivity index (χ3v) is 10.8. The van der Waals surface area contributed by atoms with Gasteiger partial charge in [0, 0.05) is 12.8 Å². The van der Waals surface area contributed by atoms with E-state index in [1.54, 1.807) is 0 Å². The van der Waals surface area contributed by atoms with E-state index in [9.17, 15) is 37.9 Å². The van der Waals surface area contributed by atoms with E-state index in [1.807, 2.05) is 0 Å². The van der Waals surface area contributed by atoms with Crippen LogP contribution in [0, 0.1) is 0 Å². The highest BCUT2D eigenvalue weighted by molar-refractivity contribution is 7.85. The van der Waals surface area contributed by atoms with E-state index in [2.05, 4.69) is 86.8 Å². The first-order valence-electron chi connectivity index (χ1n) is 23.0. The fourth-order valence-electron chi connectivity index (χ4n) is 6.46. The number of aliphatic hydroxyl groups is 3. The van der Waals surface area contributed by atoms with Crippen LogP contribution < -0.4 is 0 Å². The minimum Gasteiger partial charge on any atom is -0.462 e. The van der Waals surface area contributed by atoms with E-state index in [-0.39, 0.29) is 19.4 Å². The molecule has 1 saturated heterocycles. The number of hydrogen-bond acceptors (Lipinski definition) is 11. The van der Waals surface area contributed by atoms with Gasteiger partial charge in [-0.1, -0.05) is 138 Å². The van der Waals surface area contributed by atoms with Crippen molar-refractivity contribution in [1.29, 1.82) is 0 Å². The molecule has 6 unspecified atom stereocenters. The summed E-state index contributed by atoms with van der Waals surface area (Å²) in [4.78, 5) is 25.4. The van der Waals surface area contributed by atoms with Crippen LogP contribution in [0.3, 0.4) is 0 Å². The van der Waals surface area contributed by atoms with E-state index >= 15 is 0 Å². The van der Waals surface area contributed by atoms with Gasteiger partial charge >= 0.3 is 11.9 Å². The maximum absolute atomic E-state index is 12.8. The molecule has 1 aliphatic rings. The van der Waals surface area contributed by atoms with Crippen LogP contribution >= 0.6 is 0 Å². The van der Waals surface area contributed by atoms with Crippen LogP contribution in [0.1, 0.15) is 162 Å². The summed E-state index contributed by atoms with van der Waals surface area (Å²) in [5.74, 6) is -2.06. The predicted molar refractivity (Wildman–Crippen MR) is 242 cm³/mol. The van der Waals surface area contributed by atoms with Crippen molar-refractivity contribution in [3.8, 4) is 0 Å². The van der Waals surface area contributed by atoms with Gasteiger partial charge in [0.05, 0.1) is 6.61 Å². The van der Waals surface area contributed by atoms with Gasteiger partial charge < -0.3 is 34.3 Å². The summed E-state index contributed by atoms with van der Waals surface area (Å²) in [6, 6.07) is 0. The van der Waals surface area contributed by atoms with Crippen molar-refractivity contribution >= 4 is 22.1 Å². The molecular formula is C48H80O12S. The molecule has 61 heavy (non-hydrogen) atoms. The Bertz CT molecular complexity index is 1400. The van der Waals surface area contributed by atoms with Crippen LogP contribution in [0.15, 0.2) is 72.9 Å². The van der Waals surface area contributed by atoms with Crippen LogP contribution in [-0.2, 0) is 38.7 Å². The number of esters is 2. The molecule has 0 spiro atoms. The number of allylic oxidation sites excluding steroid dienone is 12. The molecule has 1 rings (SSSR count). The van der Waals surface area contributed by atoms with E-state index in [0.29, 0.717) is 12.8 Å². The number of carbonyl (C=O) groups excluding carboxylic acids is 2. The van der Waals surface area contributed by atoms with Gasteiger partial charge in [-0.3, -0.25) is 14.1 Å². The van der Waals surface area contributed by atoms with Crippen molar-refractivity contribution in [2.45, 2.75) is 198 Å². The minimum atomic E-state index is -4.61. The SMILES string of the molecule is CC/C=C\C/C=C\C/C=C\C/C=C\CCCCC(=O)OC(COC(=O)CCCCCCCCC/C=C\C/C=C\CCCCCC)COC1OC(CS(=O)(=O)O)C(O)C(O)C1O. The lowest BCUT2D eigenvalue weighted by molar-refractivity contribution is -0.297. The number of unbranched alkanes of at least 4 members (excludes halogenated alkanes) is 13. The Labute approximate surface area is 368 Å². The lowest BCUT2D eigenvalue weighted by Crippen LogP contribution is -2.60. The third-order valence-electron chi connectivity index (χ3n) is 10.0. The van der Waals surface area contributed by atoms with Crippen molar-refractivity contribution < 1.29 is 56.8 Å². The first-order valence-corrected chi connectivity index (χ1v) is 24.6. The van der Waals surface area contributed by atoms with Gasteiger partial charge in [0.2, 0.25) is 0 Å². The lowest BCUT2D eigenvalue weighted by atomic mass is 10.00. The van der Waals surface area contributed by atoms with E-state index < -0.39 is 71.2 Å². The molecule has 0 aromatic carbocycles. The van der Waals surface area contributed by atoms with Crippen LogP contribution in [0.2, 0.25) is 0 Å². The van der Waals surface area contributed by atoms with Crippen molar-refractivity contribution in [2.24, 2.45) is 0 Å². The summed E-state index contributed by atoms with van der Waals surface area (Å²) in [7, 11) is -4.61. The summed E-state index contributed by atoms with van der Waals surface area (Å²) in [5.41, 5.74) is 0.